The van der Waals surface area contributed by atoms with Crippen molar-refractivity contribution in [1.82, 2.24) is 0 Å². The third kappa shape index (κ3) is 38.8. The highest BCUT2D eigenvalue weighted by Crippen LogP contribution is 1.76. The van der Waals surface area contributed by atoms with Crippen molar-refractivity contribution in [3.05, 3.63) is 12.7 Å². The first-order chi connectivity index (χ1) is 4.18. The third-order valence-electron chi connectivity index (χ3n) is 0.178. The highest BCUT2D eigenvalue weighted by Gasteiger charge is 1.87. The maximum atomic E-state index is 9.29. The lowest BCUT2D eigenvalue weighted by atomic mass is 10.8. The summed E-state index contributed by atoms with van der Waals surface area (Å²) in [7, 11) is 0. The van der Waals surface area contributed by atoms with Crippen molar-refractivity contribution < 1.29 is 14.6 Å². The lowest BCUT2D eigenvalue weighted by Crippen LogP contribution is -1.95. The summed E-state index contributed by atoms with van der Waals surface area (Å²) in [5.74, 6) is 0. The number of carboxylic acid groups (broad SMARTS) is 1. The Balaban J connectivity index is 0. The van der Waals surface area contributed by atoms with Crippen LogP contribution in [-0.2, 0) is 4.74 Å². The van der Waals surface area contributed by atoms with Gasteiger partial charge >= 0.3 is 6.16 Å². The van der Waals surface area contributed by atoms with E-state index in [4.69, 9.17) is 16.7 Å². The second-order valence-electron chi connectivity index (χ2n) is 0.928. The highest BCUT2D eigenvalue weighted by molar-refractivity contribution is 6.17. The Labute approximate surface area is 58.9 Å². The number of rotatable bonds is 1. The molecule has 9 heavy (non-hydrogen) atoms. The second kappa shape index (κ2) is 10.3. The minimum Gasteiger partial charge on any atom is -0.450 e. The van der Waals surface area contributed by atoms with E-state index in [2.05, 4.69) is 11.3 Å². The van der Waals surface area contributed by atoms with Crippen LogP contribution in [0.25, 0.3) is 0 Å². The van der Waals surface area contributed by atoms with Crippen LogP contribution in [0.3, 0.4) is 0 Å². The SMILES string of the molecule is C=CC.O=C(O)OCCl. The van der Waals surface area contributed by atoms with Crippen molar-refractivity contribution in [2.45, 2.75) is 6.92 Å². The van der Waals surface area contributed by atoms with Gasteiger partial charge in [-0.05, 0) is 6.92 Å². The third-order valence-corrected chi connectivity index (χ3v) is 0.287. The molecule has 0 atom stereocenters. The molecule has 0 aliphatic heterocycles. The summed E-state index contributed by atoms with van der Waals surface area (Å²) in [6.07, 6.45) is 0.407. The number of ether oxygens (including phenoxy) is 1. The Morgan fingerprint density at radius 1 is 2.00 bits per heavy atom. The fourth-order valence-corrected chi connectivity index (χ4v) is 0.140. The molecule has 1 N–H and O–H groups in total. The number of carbonyl (C=O) groups is 1. The van der Waals surface area contributed by atoms with Crippen LogP contribution in [0, 0.1) is 0 Å². The summed E-state index contributed by atoms with van der Waals surface area (Å²) < 4.78 is 3.72. The van der Waals surface area contributed by atoms with Crippen LogP contribution < -0.4 is 0 Å². The van der Waals surface area contributed by atoms with Gasteiger partial charge in [0, 0.05) is 0 Å². The first kappa shape index (κ1) is 11.1. The van der Waals surface area contributed by atoms with E-state index in [0.717, 1.165) is 0 Å². The molecule has 3 nitrogen and oxygen atoms in total. The first-order valence-corrected chi connectivity index (χ1v) is 2.71. The van der Waals surface area contributed by atoms with Gasteiger partial charge in [0.1, 0.15) is 0 Å². The number of alkyl halides is 1. The summed E-state index contributed by atoms with van der Waals surface area (Å²) in [5, 5.41) is 7.61. The molecular formula is C5H9ClO3. The van der Waals surface area contributed by atoms with Crippen LogP contribution in [0.1, 0.15) is 6.92 Å². The van der Waals surface area contributed by atoms with Gasteiger partial charge in [-0.2, -0.15) is 0 Å². The zero-order valence-corrected chi connectivity index (χ0v) is 5.89. The van der Waals surface area contributed by atoms with E-state index in [1.54, 1.807) is 6.08 Å². The molecule has 0 spiro atoms. The van der Waals surface area contributed by atoms with Gasteiger partial charge in [-0.25, -0.2) is 4.79 Å². The van der Waals surface area contributed by atoms with Crippen LogP contribution in [0.4, 0.5) is 4.79 Å². The molecule has 0 heterocycles. The van der Waals surface area contributed by atoms with Crippen molar-refractivity contribution in [3.8, 4) is 0 Å². The molecule has 0 bridgehead atoms. The highest BCUT2D eigenvalue weighted by atomic mass is 35.5. The van der Waals surface area contributed by atoms with Gasteiger partial charge in [0.25, 0.3) is 0 Å². The topological polar surface area (TPSA) is 46.5 Å². The van der Waals surface area contributed by atoms with Gasteiger partial charge in [0.15, 0.2) is 6.07 Å². The van der Waals surface area contributed by atoms with Crippen LogP contribution in [0.2, 0.25) is 0 Å². The predicted molar refractivity (Wildman–Crippen MR) is 35.7 cm³/mol. The molecular weight excluding hydrogens is 144 g/mol. The molecule has 0 amide bonds. The number of halogens is 1. The average Bonchev–Trinajstić information content (AvgIpc) is 1.67. The number of allylic oxidation sites excluding steroid dienone is 1. The van der Waals surface area contributed by atoms with Crippen molar-refractivity contribution >= 4 is 17.8 Å². The average molecular weight is 153 g/mol. The molecule has 0 aliphatic carbocycles. The fourth-order valence-electron chi connectivity index (χ4n) is 0.0467. The van der Waals surface area contributed by atoms with Crippen molar-refractivity contribution in [2.75, 3.05) is 6.07 Å². The Hall–Kier alpha value is -0.700. The van der Waals surface area contributed by atoms with Gasteiger partial charge in [-0.1, -0.05) is 17.7 Å². The zero-order chi connectivity index (χ0) is 7.70. The lowest BCUT2D eigenvalue weighted by molar-refractivity contribution is 0.107. The van der Waals surface area contributed by atoms with E-state index in [1.165, 1.54) is 0 Å². The molecule has 0 saturated heterocycles. The summed E-state index contributed by atoms with van der Waals surface area (Å²) in [6.45, 7) is 5.25. The van der Waals surface area contributed by atoms with Gasteiger partial charge in [0.05, 0.1) is 0 Å². The predicted octanol–water partition coefficient (Wildman–Crippen LogP) is 2.07. The molecule has 54 valence electrons. The van der Waals surface area contributed by atoms with Gasteiger partial charge in [-0.15, -0.1) is 6.58 Å². The fraction of sp³-hybridized carbons (Fsp3) is 0.400. The van der Waals surface area contributed by atoms with Crippen molar-refractivity contribution in [3.63, 3.8) is 0 Å². The van der Waals surface area contributed by atoms with Crippen LogP contribution in [0.5, 0.6) is 0 Å². The van der Waals surface area contributed by atoms with Crippen molar-refractivity contribution in [2.24, 2.45) is 0 Å². The molecule has 0 rings (SSSR count). The minimum atomic E-state index is -1.34. The number of hydrogen-bond acceptors (Lipinski definition) is 2. The molecule has 4 heteroatoms. The van der Waals surface area contributed by atoms with Crippen molar-refractivity contribution in [1.29, 1.82) is 0 Å². The van der Waals surface area contributed by atoms with Crippen LogP contribution >= 0.6 is 11.6 Å². The zero-order valence-electron chi connectivity index (χ0n) is 5.13. The van der Waals surface area contributed by atoms with Crippen LogP contribution in [-0.4, -0.2) is 17.3 Å². The van der Waals surface area contributed by atoms with Gasteiger partial charge in [-0.3, -0.25) is 0 Å². The van der Waals surface area contributed by atoms with Gasteiger partial charge < -0.3 is 9.84 Å². The lowest BCUT2D eigenvalue weighted by Gasteiger charge is -1.85. The van der Waals surface area contributed by atoms with E-state index in [1.807, 2.05) is 6.92 Å². The summed E-state index contributed by atoms with van der Waals surface area (Å²) in [4.78, 5) is 9.29. The largest absolute Gasteiger partial charge is 0.506 e. The normalized spacial score (nSPS) is 6.44. The Morgan fingerprint density at radius 3 is 2.33 bits per heavy atom. The monoisotopic (exact) mass is 152 g/mol. The quantitative estimate of drug-likeness (QED) is 0.356. The maximum absolute atomic E-state index is 9.29. The molecule has 0 aromatic heterocycles. The molecule has 0 saturated carbocycles. The van der Waals surface area contributed by atoms with E-state index >= 15 is 0 Å². The molecule has 0 radical (unpaired) electrons. The standard InChI is InChI=1S/C3H6.C2H3ClO3/c1-3-2;3-1-6-2(4)5/h3H,1H2,2H3;1H2,(H,4,5). The summed E-state index contributed by atoms with van der Waals surface area (Å²) in [5.41, 5.74) is 0. The Morgan fingerprint density at radius 2 is 2.33 bits per heavy atom. The molecule has 0 fully saturated rings. The smallest absolute Gasteiger partial charge is 0.450 e. The second-order valence-corrected chi connectivity index (χ2v) is 1.15. The first-order valence-electron chi connectivity index (χ1n) is 2.17. The Kier molecular flexibility index (Phi) is 12.8. The number of hydrogen-bond donors (Lipinski definition) is 1. The minimum absolute atomic E-state index is 0.296. The summed E-state index contributed by atoms with van der Waals surface area (Å²) in [6, 6.07) is -0.296. The molecule has 0 unspecified atom stereocenters. The maximum Gasteiger partial charge on any atom is 0.506 e. The summed E-state index contributed by atoms with van der Waals surface area (Å²) >= 11 is 4.79. The van der Waals surface area contributed by atoms with Gasteiger partial charge in [0.2, 0.25) is 0 Å². The van der Waals surface area contributed by atoms with Crippen LogP contribution in [0.15, 0.2) is 12.7 Å². The van der Waals surface area contributed by atoms with E-state index < -0.39 is 6.16 Å². The van der Waals surface area contributed by atoms with E-state index in [-0.39, 0.29) is 6.07 Å². The van der Waals surface area contributed by atoms with E-state index in [0.29, 0.717) is 0 Å². The molecule has 0 aromatic rings. The molecule has 0 aliphatic rings. The van der Waals surface area contributed by atoms with E-state index in [9.17, 15) is 4.79 Å². The Bertz CT molecular complexity index is 82.3. The molecule has 0 aromatic carbocycles.